The molecule has 1 aliphatic carbocycles. The number of benzene rings is 1. The summed E-state index contributed by atoms with van der Waals surface area (Å²) in [7, 11) is 0. The van der Waals surface area contributed by atoms with Gasteiger partial charge in [-0.25, -0.2) is 4.79 Å². The largest absolute Gasteiger partial charge is 0.368 e. The number of urea groups is 1. The third-order valence-corrected chi connectivity index (χ3v) is 4.95. The summed E-state index contributed by atoms with van der Waals surface area (Å²) in [6, 6.07) is 7.34. The second kappa shape index (κ2) is 7.87. The minimum absolute atomic E-state index is 0.0716. The van der Waals surface area contributed by atoms with E-state index in [4.69, 9.17) is 4.74 Å². The van der Waals surface area contributed by atoms with Crippen molar-refractivity contribution < 1.29 is 14.3 Å². The number of anilines is 2. The Morgan fingerprint density at radius 1 is 1.36 bits per heavy atom. The van der Waals surface area contributed by atoms with Gasteiger partial charge in [-0.05, 0) is 43.9 Å². The predicted molar refractivity (Wildman–Crippen MR) is 97.8 cm³/mol. The third kappa shape index (κ3) is 4.51. The molecule has 1 aromatic rings. The van der Waals surface area contributed by atoms with Gasteiger partial charge < -0.3 is 15.4 Å². The number of nitrogens with zero attached hydrogens (tertiary/aromatic N) is 1. The molecule has 6 nitrogen and oxygen atoms in total. The molecule has 1 saturated heterocycles. The molecule has 3 rings (SSSR count). The minimum atomic E-state index is -0.158. The Kier molecular flexibility index (Phi) is 5.58. The van der Waals surface area contributed by atoms with Crippen LogP contribution in [0.15, 0.2) is 24.3 Å². The van der Waals surface area contributed by atoms with Crippen molar-refractivity contribution in [2.45, 2.75) is 51.7 Å². The molecule has 3 amide bonds. The minimum Gasteiger partial charge on any atom is -0.368 e. The first kappa shape index (κ1) is 17.7. The second-order valence-corrected chi connectivity index (χ2v) is 7.21. The Morgan fingerprint density at radius 2 is 2.20 bits per heavy atom. The van der Waals surface area contributed by atoms with Gasteiger partial charge in [-0.2, -0.15) is 0 Å². The molecule has 1 heterocycles. The number of nitrogens with one attached hydrogen (secondary N) is 2. The van der Waals surface area contributed by atoms with Crippen LogP contribution in [0, 0.1) is 5.92 Å². The number of carbonyl (C=O) groups is 2. The zero-order chi connectivity index (χ0) is 17.8. The highest BCUT2D eigenvalue weighted by molar-refractivity contribution is 5.97. The van der Waals surface area contributed by atoms with E-state index in [-0.39, 0.29) is 30.7 Å². The quantitative estimate of drug-likeness (QED) is 0.861. The van der Waals surface area contributed by atoms with E-state index in [9.17, 15) is 9.59 Å². The summed E-state index contributed by atoms with van der Waals surface area (Å²) in [5.41, 5.74) is 1.46. The molecule has 1 aromatic carbocycles. The monoisotopic (exact) mass is 345 g/mol. The molecule has 2 fully saturated rings. The summed E-state index contributed by atoms with van der Waals surface area (Å²) >= 11 is 0. The van der Waals surface area contributed by atoms with Gasteiger partial charge in [0.25, 0.3) is 0 Å². The first-order chi connectivity index (χ1) is 12.0. The van der Waals surface area contributed by atoms with Crippen LogP contribution in [-0.2, 0) is 9.53 Å². The van der Waals surface area contributed by atoms with Gasteiger partial charge >= 0.3 is 6.03 Å². The number of hydrogen-bond acceptors (Lipinski definition) is 3. The average Bonchev–Trinajstić information content (AvgIpc) is 2.92. The zero-order valence-electron chi connectivity index (χ0n) is 15.0. The van der Waals surface area contributed by atoms with Crippen molar-refractivity contribution in [1.29, 1.82) is 0 Å². The Hall–Kier alpha value is -2.08. The molecule has 136 valence electrons. The molecule has 2 N–H and O–H groups in total. The van der Waals surface area contributed by atoms with Crippen LogP contribution >= 0.6 is 0 Å². The first-order valence-corrected chi connectivity index (χ1v) is 9.11. The Morgan fingerprint density at radius 3 is 2.92 bits per heavy atom. The number of rotatable bonds is 5. The fourth-order valence-corrected chi connectivity index (χ4v) is 3.64. The lowest BCUT2D eigenvalue weighted by Crippen LogP contribution is -2.32. The highest BCUT2D eigenvalue weighted by atomic mass is 16.5. The summed E-state index contributed by atoms with van der Waals surface area (Å²) in [6.45, 7) is 4.92. The topological polar surface area (TPSA) is 70.7 Å². The van der Waals surface area contributed by atoms with E-state index >= 15 is 0 Å². The van der Waals surface area contributed by atoms with Gasteiger partial charge in [0.1, 0.15) is 6.61 Å². The van der Waals surface area contributed by atoms with Crippen LogP contribution < -0.4 is 15.5 Å². The fourth-order valence-electron chi connectivity index (χ4n) is 3.64. The van der Waals surface area contributed by atoms with Crippen molar-refractivity contribution in [2.24, 2.45) is 5.92 Å². The van der Waals surface area contributed by atoms with Crippen molar-refractivity contribution in [1.82, 2.24) is 5.32 Å². The molecule has 25 heavy (non-hydrogen) atoms. The maximum absolute atomic E-state index is 12.2. The fraction of sp³-hybridized carbons (Fsp3) is 0.579. The molecule has 0 aromatic heterocycles. The van der Waals surface area contributed by atoms with Gasteiger partial charge in [-0.3, -0.25) is 9.69 Å². The molecule has 2 aliphatic rings. The van der Waals surface area contributed by atoms with Gasteiger partial charge in [-0.1, -0.05) is 25.8 Å². The molecule has 1 saturated carbocycles. The van der Waals surface area contributed by atoms with E-state index in [2.05, 4.69) is 17.6 Å². The summed E-state index contributed by atoms with van der Waals surface area (Å²) in [5, 5.41) is 5.68. The smallest absolute Gasteiger partial charge is 0.322 e. The van der Waals surface area contributed by atoms with Gasteiger partial charge in [0.15, 0.2) is 0 Å². The van der Waals surface area contributed by atoms with Gasteiger partial charge in [0.05, 0.1) is 12.1 Å². The highest BCUT2D eigenvalue weighted by Gasteiger charge is 2.28. The molecule has 1 aliphatic heterocycles. The Labute approximate surface area is 148 Å². The van der Waals surface area contributed by atoms with E-state index in [1.54, 1.807) is 4.90 Å². The summed E-state index contributed by atoms with van der Waals surface area (Å²) in [6.07, 6.45) is 4.68. The van der Waals surface area contributed by atoms with Crippen LogP contribution in [0.4, 0.5) is 16.2 Å². The summed E-state index contributed by atoms with van der Waals surface area (Å²) < 4.78 is 5.76. The van der Waals surface area contributed by atoms with Crippen molar-refractivity contribution >= 4 is 23.3 Å². The molecule has 3 unspecified atom stereocenters. The van der Waals surface area contributed by atoms with Gasteiger partial charge in [0.2, 0.25) is 5.91 Å². The molecular weight excluding hydrogens is 318 g/mol. The van der Waals surface area contributed by atoms with E-state index < -0.39 is 0 Å². The molecule has 6 heteroatoms. The molecule has 0 spiro atoms. The van der Waals surface area contributed by atoms with Gasteiger partial charge in [-0.15, -0.1) is 0 Å². The van der Waals surface area contributed by atoms with Crippen molar-refractivity contribution in [2.75, 3.05) is 23.4 Å². The lowest BCUT2D eigenvalue weighted by Gasteiger charge is -2.26. The van der Waals surface area contributed by atoms with E-state index in [0.717, 1.165) is 18.5 Å². The maximum atomic E-state index is 12.2. The normalized spacial score (nSPS) is 26.4. The average molecular weight is 345 g/mol. The second-order valence-electron chi connectivity index (χ2n) is 7.21. The molecular formula is C19H27N3O3. The highest BCUT2D eigenvalue weighted by Crippen LogP contribution is 2.26. The summed E-state index contributed by atoms with van der Waals surface area (Å²) in [5.74, 6) is 0.515. The van der Waals surface area contributed by atoms with E-state index in [1.165, 1.54) is 12.8 Å². The molecule has 3 atom stereocenters. The van der Waals surface area contributed by atoms with Crippen molar-refractivity contribution in [3.8, 4) is 0 Å². The number of hydrogen-bond donors (Lipinski definition) is 2. The van der Waals surface area contributed by atoms with E-state index in [1.807, 2.05) is 31.2 Å². The SMILES string of the molecule is CC1CCCC(OCC(=O)Nc2cccc(N3C(=O)NCC3C)c2)C1. The van der Waals surface area contributed by atoms with Crippen LogP contribution in [0.25, 0.3) is 0 Å². The van der Waals surface area contributed by atoms with Crippen LogP contribution in [0.1, 0.15) is 39.5 Å². The lowest BCUT2D eigenvalue weighted by atomic mass is 9.89. The van der Waals surface area contributed by atoms with Crippen molar-refractivity contribution in [3.63, 3.8) is 0 Å². The maximum Gasteiger partial charge on any atom is 0.322 e. The zero-order valence-corrected chi connectivity index (χ0v) is 15.0. The molecule has 0 bridgehead atoms. The van der Waals surface area contributed by atoms with Gasteiger partial charge in [0, 0.05) is 17.9 Å². The number of amides is 3. The van der Waals surface area contributed by atoms with E-state index in [0.29, 0.717) is 18.2 Å². The molecule has 0 radical (unpaired) electrons. The van der Waals surface area contributed by atoms with Crippen LogP contribution in [0.2, 0.25) is 0 Å². The standard InChI is InChI=1S/C19H27N3O3/c1-13-5-3-8-17(9-13)25-12-18(23)21-15-6-4-7-16(10-15)22-14(2)11-20-19(22)24/h4,6-7,10,13-14,17H,3,5,8-9,11-12H2,1-2H3,(H,20,24)(H,21,23). The first-order valence-electron chi connectivity index (χ1n) is 9.11. The Balaban J connectivity index is 1.55. The predicted octanol–water partition coefficient (Wildman–Crippen LogP) is 3.14. The number of ether oxygens (including phenoxy) is 1. The van der Waals surface area contributed by atoms with Crippen LogP contribution in [0.5, 0.6) is 0 Å². The van der Waals surface area contributed by atoms with Crippen molar-refractivity contribution in [3.05, 3.63) is 24.3 Å². The van der Waals surface area contributed by atoms with Crippen LogP contribution in [-0.4, -0.2) is 37.2 Å². The van der Waals surface area contributed by atoms with Crippen LogP contribution in [0.3, 0.4) is 0 Å². The third-order valence-electron chi connectivity index (χ3n) is 4.95. The number of carbonyl (C=O) groups excluding carboxylic acids is 2. The Bertz CT molecular complexity index is 634. The summed E-state index contributed by atoms with van der Waals surface area (Å²) in [4.78, 5) is 25.8. The lowest BCUT2D eigenvalue weighted by molar-refractivity contribution is -0.123.